The van der Waals surface area contributed by atoms with E-state index in [2.05, 4.69) is 19.2 Å². The minimum atomic E-state index is -0.253. The van der Waals surface area contributed by atoms with E-state index in [1.807, 2.05) is 0 Å². The largest absolute Gasteiger partial charge is 0.355 e. The fourth-order valence-electron chi connectivity index (χ4n) is 1.90. The van der Waals surface area contributed by atoms with Crippen molar-refractivity contribution < 1.29 is 14.4 Å². The van der Waals surface area contributed by atoms with Gasteiger partial charge >= 0.3 is 0 Å². The van der Waals surface area contributed by atoms with Gasteiger partial charge in [-0.3, -0.25) is 14.4 Å². The van der Waals surface area contributed by atoms with Gasteiger partial charge in [0.25, 0.3) is 0 Å². The topological polar surface area (TPSA) is 73.0 Å². The quantitative estimate of drug-likeness (QED) is 0.574. The van der Waals surface area contributed by atoms with Crippen molar-refractivity contribution in [3.63, 3.8) is 0 Å². The van der Waals surface area contributed by atoms with Gasteiger partial charge in [-0.25, -0.2) is 0 Å². The van der Waals surface area contributed by atoms with E-state index >= 15 is 0 Å². The lowest BCUT2D eigenvalue weighted by Gasteiger charge is -2.23. The Morgan fingerprint density at radius 3 is 1.91 bits per heavy atom. The molecule has 0 radical (unpaired) electrons. The van der Waals surface area contributed by atoms with Gasteiger partial charge in [-0.1, -0.05) is 13.8 Å². The predicted octanol–water partition coefficient (Wildman–Crippen LogP) is 0.0172. The van der Waals surface area contributed by atoms with Crippen LogP contribution in [0.3, 0.4) is 0 Å². The van der Waals surface area contributed by atoms with Crippen LogP contribution in [0.4, 0.5) is 0 Å². The predicted molar refractivity (Wildman–Crippen MR) is 90.9 cm³/mol. The van der Waals surface area contributed by atoms with Crippen molar-refractivity contribution in [2.45, 2.75) is 26.7 Å². The number of rotatable bonds is 10. The van der Waals surface area contributed by atoms with Gasteiger partial charge in [0, 0.05) is 20.6 Å². The zero-order chi connectivity index (χ0) is 18.0. The maximum Gasteiger partial charge on any atom is 0.242 e. The highest BCUT2D eigenvalue weighted by atomic mass is 16.2. The minimum absolute atomic E-state index is 0.0101. The number of hydrogen-bond acceptors (Lipinski definition) is 4. The Balaban J connectivity index is 4.09. The molecule has 0 spiro atoms. The normalized spacial score (nSPS) is 10.8. The van der Waals surface area contributed by atoms with E-state index in [9.17, 15) is 14.4 Å². The number of likely N-dealkylation sites (N-methyl/N-ethyl adjacent to an activating group) is 3. The SMILES string of the molecule is CC(C)CCCNC(=O)CN(C)C(=O)CN(C)C(=O)CN(C)C. The smallest absolute Gasteiger partial charge is 0.242 e. The van der Waals surface area contributed by atoms with Crippen LogP contribution >= 0.6 is 0 Å². The molecule has 0 heterocycles. The molecule has 7 heteroatoms. The summed E-state index contributed by atoms with van der Waals surface area (Å²) >= 11 is 0. The van der Waals surface area contributed by atoms with Gasteiger partial charge in [0.15, 0.2) is 0 Å². The van der Waals surface area contributed by atoms with Crippen LogP contribution in [0.25, 0.3) is 0 Å². The highest BCUT2D eigenvalue weighted by Gasteiger charge is 2.18. The lowest BCUT2D eigenvalue weighted by molar-refractivity contribution is -0.140. The maximum absolute atomic E-state index is 12.0. The van der Waals surface area contributed by atoms with Gasteiger partial charge in [-0.05, 0) is 32.9 Å². The lowest BCUT2D eigenvalue weighted by atomic mass is 10.1. The standard InChI is InChI=1S/C16H32N4O3/c1-13(2)8-7-9-17-14(21)10-19(5)16(23)12-20(6)15(22)11-18(3)4/h13H,7-12H2,1-6H3,(H,17,21). The van der Waals surface area contributed by atoms with Crippen LogP contribution < -0.4 is 5.32 Å². The van der Waals surface area contributed by atoms with Crippen molar-refractivity contribution in [1.82, 2.24) is 20.0 Å². The summed E-state index contributed by atoms with van der Waals surface area (Å²) in [6, 6.07) is 0. The van der Waals surface area contributed by atoms with Crippen molar-refractivity contribution >= 4 is 17.7 Å². The molecule has 134 valence electrons. The first-order valence-electron chi connectivity index (χ1n) is 8.02. The van der Waals surface area contributed by atoms with Gasteiger partial charge in [-0.15, -0.1) is 0 Å². The van der Waals surface area contributed by atoms with Crippen LogP contribution in [0.15, 0.2) is 0 Å². The van der Waals surface area contributed by atoms with E-state index in [-0.39, 0.29) is 37.4 Å². The number of carbonyl (C=O) groups excluding carboxylic acids is 3. The van der Waals surface area contributed by atoms with Gasteiger partial charge in [0.1, 0.15) is 0 Å². The molecule has 0 aromatic heterocycles. The highest BCUT2D eigenvalue weighted by molar-refractivity contribution is 5.88. The van der Waals surface area contributed by atoms with E-state index in [1.165, 1.54) is 9.80 Å². The van der Waals surface area contributed by atoms with E-state index in [0.29, 0.717) is 12.5 Å². The Labute approximate surface area is 140 Å². The molecule has 1 N–H and O–H groups in total. The molecule has 0 rings (SSSR count). The zero-order valence-electron chi connectivity index (χ0n) is 15.4. The molecule has 0 saturated carbocycles. The molecule has 0 aliphatic rings. The summed E-state index contributed by atoms with van der Waals surface area (Å²) in [4.78, 5) is 40.1. The highest BCUT2D eigenvalue weighted by Crippen LogP contribution is 2.01. The monoisotopic (exact) mass is 328 g/mol. The number of hydrogen-bond donors (Lipinski definition) is 1. The number of nitrogens with zero attached hydrogens (tertiary/aromatic N) is 3. The van der Waals surface area contributed by atoms with Gasteiger partial charge in [-0.2, -0.15) is 0 Å². The van der Waals surface area contributed by atoms with E-state index in [1.54, 1.807) is 33.1 Å². The van der Waals surface area contributed by atoms with Crippen molar-refractivity contribution in [3.05, 3.63) is 0 Å². The second kappa shape index (κ2) is 11.0. The Morgan fingerprint density at radius 1 is 0.870 bits per heavy atom. The molecule has 0 aromatic rings. The Kier molecular flexibility index (Phi) is 10.2. The molecule has 23 heavy (non-hydrogen) atoms. The average Bonchev–Trinajstić information content (AvgIpc) is 2.42. The van der Waals surface area contributed by atoms with Crippen LogP contribution in [0.1, 0.15) is 26.7 Å². The summed E-state index contributed by atoms with van der Waals surface area (Å²) in [6.07, 6.45) is 2.00. The molecule has 3 amide bonds. The third-order valence-electron chi connectivity index (χ3n) is 3.34. The van der Waals surface area contributed by atoms with Gasteiger partial charge in [0.2, 0.25) is 17.7 Å². The first-order valence-corrected chi connectivity index (χ1v) is 8.02. The Hall–Kier alpha value is -1.63. The molecule has 0 atom stereocenters. The second-order valence-electron chi connectivity index (χ2n) is 6.62. The zero-order valence-corrected chi connectivity index (χ0v) is 15.4. The molecule has 7 nitrogen and oxygen atoms in total. The average molecular weight is 328 g/mol. The van der Waals surface area contributed by atoms with Crippen LogP contribution in [0.2, 0.25) is 0 Å². The molecule has 0 unspecified atom stereocenters. The molecule has 0 aliphatic carbocycles. The number of amides is 3. The number of nitrogens with one attached hydrogen (secondary N) is 1. The maximum atomic E-state index is 12.0. The van der Waals surface area contributed by atoms with Crippen molar-refractivity contribution in [1.29, 1.82) is 0 Å². The first-order chi connectivity index (χ1) is 10.6. The molecule has 0 bridgehead atoms. The molecular weight excluding hydrogens is 296 g/mol. The van der Waals surface area contributed by atoms with Crippen LogP contribution in [0.5, 0.6) is 0 Å². The lowest BCUT2D eigenvalue weighted by Crippen LogP contribution is -2.45. The first kappa shape index (κ1) is 21.4. The van der Waals surface area contributed by atoms with Gasteiger partial charge < -0.3 is 20.0 Å². The Morgan fingerprint density at radius 2 is 1.39 bits per heavy atom. The van der Waals surface area contributed by atoms with E-state index < -0.39 is 0 Å². The summed E-state index contributed by atoms with van der Waals surface area (Å²) in [6.45, 7) is 5.15. The summed E-state index contributed by atoms with van der Waals surface area (Å²) in [5.41, 5.74) is 0. The third kappa shape index (κ3) is 10.7. The van der Waals surface area contributed by atoms with Crippen LogP contribution in [0, 0.1) is 5.92 Å². The minimum Gasteiger partial charge on any atom is -0.355 e. The van der Waals surface area contributed by atoms with Crippen molar-refractivity contribution in [2.24, 2.45) is 5.92 Å². The fraction of sp³-hybridized carbons (Fsp3) is 0.812. The summed E-state index contributed by atoms with van der Waals surface area (Å²) < 4.78 is 0. The summed E-state index contributed by atoms with van der Waals surface area (Å²) in [7, 11) is 6.75. The molecular formula is C16H32N4O3. The van der Waals surface area contributed by atoms with Crippen molar-refractivity contribution in [3.8, 4) is 0 Å². The van der Waals surface area contributed by atoms with Crippen LogP contribution in [-0.4, -0.2) is 86.8 Å². The third-order valence-corrected chi connectivity index (χ3v) is 3.34. The molecule has 0 fully saturated rings. The number of carbonyl (C=O) groups is 3. The molecule has 0 saturated heterocycles. The van der Waals surface area contributed by atoms with E-state index in [0.717, 1.165) is 12.8 Å². The summed E-state index contributed by atoms with van der Waals surface area (Å²) in [5.74, 6) is 0.0603. The molecule has 0 aromatic carbocycles. The second-order valence-corrected chi connectivity index (χ2v) is 6.62. The van der Waals surface area contributed by atoms with Gasteiger partial charge in [0.05, 0.1) is 19.6 Å². The van der Waals surface area contributed by atoms with Crippen molar-refractivity contribution in [2.75, 3.05) is 54.4 Å². The molecule has 0 aliphatic heterocycles. The summed E-state index contributed by atoms with van der Waals surface area (Å²) in [5, 5.41) is 2.81. The fourth-order valence-corrected chi connectivity index (χ4v) is 1.90. The van der Waals surface area contributed by atoms with E-state index in [4.69, 9.17) is 0 Å². The Bertz CT molecular complexity index is 397. The van der Waals surface area contributed by atoms with Crippen LogP contribution in [-0.2, 0) is 14.4 Å².